The summed E-state index contributed by atoms with van der Waals surface area (Å²) in [5.41, 5.74) is 0.842. The summed E-state index contributed by atoms with van der Waals surface area (Å²) < 4.78 is 16.3. The minimum atomic E-state index is -0.460. The molecule has 0 N–H and O–H groups in total. The molecule has 1 aromatic carbocycles. The first-order valence-corrected chi connectivity index (χ1v) is 7.92. The minimum absolute atomic E-state index is 0.00963. The van der Waals surface area contributed by atoms with Crippen LogP contribution in [0.2, 0.25) is 5.02 Å². The summed E-state index contributed by atoms with van der Waals surface area (Å²) in [5.74, 6) is 0.840. The Kier molecular flexibility index (Phi) is 5.13. The van der Waals surface area contributed by atoms with Crippen LogP contribution < -0.4 is 0 Å². The van der Waals surface area contributed by atoms with E-state index in [4.69, 9.17) is 25.6 Å². The molecule has 1 fully saturated rings. The van der Waals surface area contributed by atoms with Crippen LogP contribution in [0.3, 0.4) is 0 Å². The lowest BCUT2D eigenvalue weighted by Gasteiger charge is -2.37. The quantitative estimate of drug-likeness (QED) is 0.794. The molecule has 3 rings (SSSR count). The largest absolute Gasteiger partial charge is 0.369 e. The number of likely N-dealkylation sites (tertiary alicyclic amines) is 1. The lowest BCUT2D eigenvalue weighted by atomic mass is 10.1. The first-order chi connectivity index (χ1) is 11.6. The van der Waals surface area contributed by atoms with Crippen LogP contribution in [-0.2, 0) is 20.9 Å². The van der Waals surface area contributed by atoms with E-state index < -0.39 is 6.10 Å². The van der Waals surface area contributed by atoms with Gasteiger partial charge in [0.2, 0.25) is 11.7 Å². The van der Waals surface area contributed by atoms with E-state index in [9.17, 15) is 4.79 Å². The Labute approximate surface area is 144 Å². The van der Waals surface area contributed by atoms with Crippen LogP contribution in [0.4, 0.5) is 0 Å². The Morgan fingerprint density at radius 3 is 2.96 bits per heavy atom. The van der Waals surface area contributed by atoms with Crippen molar-refractivity contribution in [3.8, 4) is 0 Å². The molecule has 7 nitrogen and oxygen atoms in total. The number of nitrogens with zero attached hydrogens (tertiary/aromatic N) is 3. The third-order valence-corrected chi connectivity index (χ3v) is 4.08. The second-order valence-corrected chi connectivity index (χ2v) is 6.01. The van der Waals surface area contributed by atoms with Gasteiger partial charge in [0.15, 0.2) is 0 Å². The monoisotopic (exact) mass is 351 g/mol. The van der Waals surface area contributed by atoms with Crippen molar-refractivity contribution in [1.82, 2.24) is 15.0 Å². The van der Waals surface area contributed by atoms with Crippen molar-refractivity contribution in [3.05, 3.63) is 46.6 Å². The van der Waals surface area contributed by atoms with E-state index >= 15 is 0 Å². The van der Waals surface area contributed by atoms with Crippen molar-refractivity contribution < 1.29 is 18.8 Å². The van der Waals surface area contributed by atoms with E-state index in [2.05, 4.69) is 10.1 Å². The van der Waals surface area contributed by atoms with Crippen LogP contribution in [0.1, 0.15) is 30.3 Å². The molecule has 1 saturated heterocycles. The lowest BCUT2D eigenvalue weighted by molar-refractivity contribution is -0.144. The van der Waals surface area contributed by atoms with Crippen LogP contribution in [0.25, 0.3) is 0 Å². The Balaban J connectivity index is 1.59. The number of methoxy groups -OCH3 is 1. The average Bonchev–Trinajstić information content (AvgIpc) is 2.95. The van der Waals surface area contributed by atoms with E-state index in [0.717, 1.165) is 5.56 Å². The number of carbonyl (C=O) groups is 1. The summed E-state index contributed by atoms with van der Waals surface area (Å²) in [6.45, 7) is 2.94. The van der Waals surface area contributed by atoms with E-state index in [0.29, 0.717) is 29.8 Å². The van der Waals surface area contributed by atoms with Gasteiger partial charge in [-0.05, 0) is 17.7 Å². The molecule has 1 amide bonds. The molecule has 8 heteroatoms. The molecule has 0 aliphatic carbocycles. The van der Waals surface area contributed by atoms with Crippen molar-refractivity contribution in [3.63, 3.8) is 0 Å². The summed E-state index contributed by atoms with van der Waals surface area (Å²) in [6, 6.07) is 7.31. The standard InChI is InChI=1S/C16H18ClN3O4/c1-10(21)20-7-13(8-20)23-9-14-18-16(19-24-14)15(22-2)11-4-3-5-12(17)6-11/h3-6,13,15H,7-9H2,1-2H3. The highest BCUT2D eigenvalue weighted by atomic mass is 35.5. The van der Waals surface area contributed by atoms with Crippen molar-refractivity contribution in [2.24, 2.45) is 0 Å². The summed E-state index contributed by atoms with van der Waals surface area (Å²) in [7, 11) is 1.57. The molecule has 2 aromatic rings. The summed E-state index contributed by atoms with van der Waals surface area (Å²) in [6.07, 6.45) is -0.450. The van der Waals surface area contributed by atoms with Crippen LogP contribution in [0.5, 0.6) is 0 Å². The van der Waals surface area contributed by atoms with Gasteiger partial charge in [0.05, 0.1) is 6.10 Å². The highest BCUT2D eigenvalue weighted by Crippen LogP contribution is 2.25. The number of carbonyl (C=O) groups excluding carboxylic acids is 1. The molecule has 24 heavy (non-hydrogen) atoms. The Morgan fingerprint density at radius 1 is 1.50 bits per heavy atom. The molecular weight excluding hydrogens is 334 g/mol. The van der Waals surface area contributed by atoms with Gasteiger partial charge in [-0.15, -0.1) is 0 Å². The van der Waals surface area contributed by atoms with Gasteiger partial charge in [0.25, 0.3) is 5.89 Å². The summed E-state index contributed by atoms with van der Waals surface area (Å²) in [5, 5.41) is 4.57. The topological polar surface area (TPSA) is 77.7 Å². The maximum Gasteiger partial charge on any atom is 0.252 e. The maximum atomic E-state index is 11.1. The van der Waals surface area contributed by atoms with Gasteiger partial charge in [-0.2, -0.15) is 4.98 Å². The zero-order valence-corrected chi connectivity index (χ0v) is 14.2. The summed E-state index contributed by atoms with van der Waals surface area (Å²) in [4.78, 5) is 17.2. The predicted octanol–water partition coefficient (Wildman–Crippen LogP) is 2.21. The maximum absolute atomic E-state index is 11.1. The van der Waals surface area contributed by atoms with Gasteiger partial charge in [-0.25, -0.2) is 0 Å². The summed E-state index contributed by atoms with van der Waals surface area (Å²) >= 11 is 6.01. The van der Waals surface area contributed by atoms with Gasteiger partial charge in [0, 0.05) is 32.1 Å². The molecule has 1 unspecified atom stereocenters. The van der Waals surface area contributed by atoms with Gasteiger partial charge < -0.3 is 18.9 Å². The van der Waals surface area contributed by atoms with Crippen molar-refractivity contribution >= 4 is 17.5 Å². The van der Waals surface area contributed by atoms with Gasteiger partial charge in [-0.3, -0.25) is 4.79 Å². The number of benzene rings is 1. The molecule has 0 saturated carbocycles. The average molecular weight is 352 g/mol. The van der Waals surface area contributed by atoms with Crippen molar-refractivity contribution in [2.45, 2.75) is 25.7 Å². The highest BCUT2D eigenvalue weighted by molar-refractivity contribution is 6.30. The smallest absolute Gasteiger partial charge is 0.252 e. The molecule has 0 bridgehead atoms. The molecule has 0 radical (unpaired) electrons. The van der Waals surface area contributed by atoms with Gasteiger partial charge >= 0.3 is 0 Å². The molecule has 1 aromatic heterocycles. The number of hydrogen-bond donors (Lipinski definition) is 0. The SMILES string of the molecule is COC(c1cccc(Cl)c1)c1noc(COC2CN(C(C)=O)C2)n1. The number of hydrogen-bond acceptors (Lipinski definition) is 6. The minimum Gasteiger partial charge on any atom is -0.369 e. The molecule has 1 atom stereocenters. The second-order valence-electron chi connectivity index (χ2n) is 5.57. The number of amides is 1. The molecular formula is C16H18ClN3O4. The normalized spacial score (nSPS) is 16.0. The fourth-order valence-corrected chi connectivity index (χ4v) is 2.68. The second kappa shape index (κ2) is 7.29. The Morgan fingerprint density at radius 2 is 2.29 bits per heavy atom. The van der Waals surface area contributed by atoms with E-state index in [-0.39, 0.29) is 18.6 Å². The number of rotatable bonds is 6. The molecule has 1 aliphatic rings. The number of ether oxygens (including phenoxy) is 2. The van der Waals surface area contributed by atoms with E-state index in [1.54, 1.807) is 31.1 Å². The molecule has 2 heterocycles. The van der Waals surface area contributed by atoms with Crippen molar-refractivity contribution in [2.75, 3.05) is 20.2 Å². The molecule has 0 spiro atoms. The lowest BCUT2D eigenvalue weighted by Crippen LogP contribution is -2.53. The Bertz CT molecular complexity index is 715. The van der Waals surface area contributed by atoms with E-state index in [1.165, 1.54) is 0 Å². The third kappa shape index (κ3) is 3.75. The predicted molar refractivity (Wildman–Crippen MR) is 85.4 cm³/mol. The molecule has 128 valence electrons. The van der Waals surface area contributed by atoms with Crippen molar-refractivity contribution in [1.29, 1.82) is 0 Å². The first kappa shape index (κ1) is 16.9. The number of halogens is 1. The van der Waals surface area contributed by atoms with Crippen LogP contribution in [0, 0.1) is 0 Å². The first-order valence-electron chi connectivity index (χ1n) is 7.54. The van der Waals surface area contributed by atoms with Crippen LogP contribution in [-0.4, -0.2) is 47.3 Å². The van der Waals surface area contributed by atoms with Gasteiger partial charge in [-0.1, -0.05) is 28.9 Å². The van der Waals surface area contributed by atoms with Crippen LogP contribution >= 0.6 is 11.6 Å². The number of aromatic nitrogens is 2. The zero-order chi connectivity index (χ0) is 17.1. The van der Waals surface area contributed by atoms with E-state index in [1.807, 2.05) is 12.1 Å². The fourth-order valence-electron chi connectivity index (χ4n) is 2.48. The van der Waals surface area contributed by atoms with Gasteiger partial charge in [0.1, 0.15) is 12.7 Å². The van der Waals surface area contributed by atoms with Crippen LogP contribution in [0.15, 0.2) is 28.8 Å². The third-order valence-electron chi connectivity index (χ3n) is 3.84. The highest BCUT2D eigenvalue weighted by Gasteiger charge is 2.30. The fraction of sp³-hybridized carbons (Fsp3) is 0.438. The molecule has 1 aliphatic heterocycles. The zero-order valence-electron chi connectivity index (χ0n) is 13.4. The Hall–Kier alpha value is -1.96.